The second kappa shape index (κ2) is 4.42. The van der Waals surface area contributed by atoms with Crippen molar-refractivity contribution in [1.29, 1.82) is 5.41 Å². The molecule has 0 spiro atoms. The van der Waals surface area contributed by atoms with Crippen molar-refractivity contribution in [2.75, 3.05) is 0 Å². The Balaban J connectivity index is 3.13. The molecule has 82 valence electrons. The first kappa shape index (κ1) is 11.7. The minimum absolute atomic E-state index is 0.0574. The Hall–Kier alpha value is -1.39. The van der Waals surface area contributed by atoms with E-state index in [1.807, 2.05) is 0 Å². The number of halogens is 3. The van der Waals surface area contributed by atoms with Gasteiger partial charge in [-0.15, -0.1) is 0 Å². The SMILES string of the molecule is CCC1=CC(C(F)(F)F)=NC(C=N)=CC1. The molecule has 1 aliphatic rings. The van der Waals surface area contributed by atoms with E-state index in [9.17, 15) is 13.2 Å². The smallest absolute Gasteiger partial charge is 0.307 e. The van der Waals surface area contributed by atoms with Crippen molar-refractivity contribution in [3.8, 4) is 0 Å². The van der Waals surface area contributed by atoms with Crippen LogP contribution in [0.1, 0.15) is 19.8 Å². The molecule has 0 aliphatic carbocycles. The van der Waals surface area contributed by atoms with Gasteiger partial charge in [0.2, 0.25) is 0 Å². The summed E-state index contributed by atoms with van der Waals surface area (Å²) in [6.45, 7) is 1.79. The van der Waals surface area contributed by atoms with E-state index in [4.69, 9.17) is 5.41 Å². The molecule has 0 fully saturated rings. The average molecular weight is 216 g/mol. The Morgan fingerprint density at radius 3 is 2.67 bits per heavy atom. The maximum Gasteiger partial charge on any atom is 0.433 e. The highest BCUT2D eigenvalue weighted by Gasteiger charge is 2.34. The second-order valence-electron chi connectivity index (χ2n) is 3.13. The molecule has 0 aromatic carbocycles. The molecular weight excluding hydrogens is 205 g/mol. The fourth-order valence-electron chi connectivity index (χ4n) is 1.19. The fourth-order valence-corrected chi connectivity index (χ4v) is 1.19. The maximum atomic E-state index is 12.5. The zero-order chi connectivity index (χ0) is 11.5. The summed E-state index contributed by atoms with van der Waals surface area (Å²) in [6, 6.07) is 0. The first-order valence-corrected chi connectivity index (χ1v) is 4.53. The van der Waals surface area contributed by atoms with Crippen LogP contribution in [-0.4, -0.2) is 18.1 Å². The van der Waals surface area contributed by atoms with Crippen LogP contribution in [-0.2, 0) is 0 Å². The first-order valence-electron chi connectivity index (χ1n) is 4.53. The molecule has 1 aliphatic heterocycles. The normalized spacial score (nSPS) is 17.5. The molecule has 0 bridgehead atoms. The summed E-state index contributed by atoms with van der Waals surface area (Å²) in [6.07, 6.45) is -0.0553. The van der Waals surface area contributed by atoms with Crippen molar-refractivity contribution in [3.63, 3.8) is 0 Å². The molecule has 1 N–H and O–H groups in total. The van der Waals surface area contributed by atoms with Gasteiger partial charge in [0.15, 0.2) is 0 Å². The van der Waals surface area contributed by atoms with Crippen LogP contribution in [0.25, 0.3) is 0 Å². The van der Waals surface area contributed by atoms with Crippen LogP contribution in [0.3, 0.4) is 0 Å². The van der Waals surface area contributed by atoms with Gasteiger partial charge in [-0.25, -0.2) is 4.99 Å². The van der Waals surface area contributed by atoms with Gasteiger partial charge in [-0.3, -0.25) is 0 Å². The van der Waals surface area contributed by atoms with Crippen molar-refractivity contribution in [3.05, 3.63) is 23.4 Å². The molecule has 5 heteroatoms. The van der Waals surface area contributed by atoms with Gasteiger partial charge >= 0.3 is 6.18 Å². The Kier molecular flexibility index (Phi) is 3.44. The largest absolute Gasteiger partial charge is 0.433 e. The van der Waals surface area contributed by atoms with E-state index in [0.717, 1.165) is 12.3 Å². The summed E-state index contributed by atoms with van der Waals surface area (Å²) < 4.78 is 37.4. The molecule has 0 saturated carbocycles. The lowest BCUT2D eigenvalue weighted by Gasteiger charge is -2.06. The summed E-state index contributed by atoms with van der Waals surface area (Å²) in [4.78, 5) is 3.40. The lowest BCUT2D eigenvalue weighted by Crippen LogP contribution is -2.21. The standard InChI is InChI=1S/C10H11F3N2/c1-2-7-3-4-8(6-14)15-9(5-7)10(11,12)13/h4-6,14H,2-3H2,1H3. The van der Waals surface area contributed by atoms with Crippen LogP contribution in [0, 0.1) is 5.41 Å². The van der Waals surface area contributed by atoms with E-state index in [-0.39, 0.29) is 5.70 Å². The topological polar surface area (TPSA) is 36.2 Å². The minimum atomic E-state index is -4.45. The quantitative estimate of drug-likeness (QED) is 0.688. The van der Waals surface area contributed by atoms with Crippen LogP contribution in [0.2, 0.25) is 0 Å². The number of nitrogens with one attached hydrogen (secondary N) is 1. The zero-order valence-corrected chi connectivity index (χ0v) is 8.23. The van der Waals surface area contributed by atoms with Gasteiger partial charge in [-0.2, -0.15) is 13.2 Å². The molecule has 0 radical (unpaired) electrons. The van der Waals surface area contributed by atoms with E-state index in [1.54, 1.807) is 6.92 Å². The Morgan fingerprint density at radius 2 is 2.20 bits per heavy atom. The monoisotopic (exact) mass is 216 g/mol. The van der Waals surface area contributed by atoms with Crippen LogP contribution >= 0.6 is 0 Å². The van der Waals surface area contributed by atoms with Crippen molar-refractivity contribution in [2.24, 2.45) is 4.99 Å². The molecule has 0 amide bonds. The van der Waals surface area contributed by atoms with Crippen LogP contribution in [0.15, 0.2) is 28.4 Å². The van der Waals surface area contributed by atoms with Gasteiger partial charge in [-0.05, 0) is 18.9 Å². The van der Waals surface area contributed by atoms with Gasteiger partial charge in [0.1, 0.15) is 5.71 Å². The maximum absolute atomic E-state index is 12.5. The van der Waals surface area contributed by atoms with Crippen LogP contribution in [0.4, 0.5) is 13.2 Å². The van der Waals surface area contributed by atoms with Crippen LogP contribution < -0.4 is 0 Å². The molecule has 0 atom stereocenters. The van der Waals surface area contributed by atoms with Crippen molar-refractivity contribution >= 4 is 11.9 Å². The summed E-state index contributed by atoms with van der Waals surface area (Å²) in [5.41, 5.74) is -0.198. The van der Waals surface area contributed by atoms with E-state index < -0.39 is 11.9 Å². The van der Waals surface area contributed by atoms with Crippen molar-refractivity contribution in [1.82, 2.24) is 0 Å². The molecule has 1 heterocycles. The number of allylic oxidation sites excluding steroid dienone is 4. The molecule has 0 unspecified atom stereocenters. The third-order valence-electron chi connectivity index (χ3n) is 2.06. The molecular formula is C10H11F3N2. The summed E-state index contributed by atoms with van der Waals surface area (Å²) >= 11 is 0. The molecule has 1 rings (SSSR count). The predicted octanol–water partition coefficient (Wildman–Crippen LogP) is 3.26. The van der Waals surface area contributed by atoms with Gasteiger partial charge in [0.25, 0.3) is 0 Å². The summed E-state index contributed by atoms with van der Waals surface area (Å²) in [5, 5.41) is 6.92. The lowest BCUT2D eigenvalue weighted by atomic mass is 10.1. The number of aliphatic imine (C=N–C) groups is 1. The van der Waals surface area contributed by atoms with E-state index in [2.05, 4.69) is 4.99 Å². The molecule has 0 aromatic rings. The molecule has 15 heavy (non-hydrogen) atoms. The Labute approximate surface area is 85.7 Å². The van der Waals surface area contributed by atoms with Crippen molar-refractivity contribution < 1.29 is 13.2 Å². The Morgan fingerprint density at radius 1 is 1.53 bits per heavy atom. The molecule has 0 saturated heterocycles. The molecule has 0 aromatic heterocycles. The number of rotatable bonds is 2. The van der Waals surface area contributed by atoms with Gasteiger partial charge in [0.05, 0.1) is 5.70 Å². The van der Waals surface area contributed by atoms with E-state index in [1.165, 1.54) is 6.08 Å². The number of alkyl halides is 3. The van der Waals surface area contributed by atoms with Crippen molar-refractivity contribution in [2.45, 2.75) is 25.9 Å². The first-order chi connectivity index (χ1) is 6.97. The summed E-state index contributed by atoms with van der Waals surface area (Å²) in [7, 11) is 0. The Bertz CT molecular complexity index is 348. The predicted molar refractivity (Wildman–Crippen MR) is 53.3 cm³/mol. The van der Waals surface area contributed by atoms with Gasteiger partial charge < -0.3 is 5.41 Å². The zero-order valence-electron chi connectivity index (χ0n) is 8.23. The lowest BCUT2D eigenvalue weighted by molar-refractivity contribution is -0.0577. The van der Waals surface area contributed by atoms with Gasteiger partial charge in [-0.1, -0.05) is 18.6 Å². The highest BCUT2D eigenvalue weighted by molar-refractivity contribution is 6.02. The van der Waals surface area contributed by atoms with E-state index >= 15 is 0 Å². The fraction of sp³-hybridized carbons (Fsp3) is 0.400. The third-order valence-corrected chi connectivity index (χ3v) is 2.06. The number of hydrogen-bond acceptors (Lipinski definition) is 2. The highest BCUT2D eigenvalue weighted by atomic mass is 19.4. The summed E-state index contributed by atoms with van der Waals surface area (Å²) in [5.74, 6) is 0. The minimum Gasteiger partial charge on any atom is -0.307 e. The average Bonchev–Trinajstić information content (AvgIpc) is 2.38. The third kappa shape index (κ3) is 3.04. The highest BCUT2D eigenvalue weighted by Crippen LogP contribution is 2.24. The molecule has 2 nitrogen and oxygen atoms in total. The second-order valence-corrected chi connectivity index (χ2v) is 3.13. The van der Waals surface area contributed by atoms with Gasteiger partial charge in [0, 0.05) is 6.21 Å². The number of nitrogens with zero attached hydrogens (tertiary/aromatic N) is 1. The van der Waals surface area contributed by atoms with E-state index in [0.29, 0.717) is 18.4 Å². The van der Waals surface area contributed by atoms with Crippen LogP contribution in [0.5, 0.6) is 0 Å². The number of hydrogen-bond donors (Lipinski definition) is 1.